The predicted molar refractivity (Wildman–Crippen MR) is 77.2 cm³/mol. The molecule has 0 heterocycles. The van der Waals surface area contributed by atoms with Gasteiger partial charge in [0, 0.05) is 4.90 Å². The number of para-hydroxylation sites is 1. The van der Waals surface area contributed by atoms with Crippen molar-refractivity contribution in [2.45, 2.75) is 4.90 Å². The first kappa shape index (κ1) is 14.8. The maximum atomic E-state index is 13.4. The highest BCUT2D eigenvalue weighted by Gasteiger charge is 2.12. The summed E-state index contributed by atoms with van der Waals surface area (Å²) in [5.74, 6) is -2.10. The van der Waals surface area contributed by atoms with Crippen molar-refractivity contribution in [3.05, 3.63) is 59.1 Å². The molecule has 0 radical (unpaired) electrons. The van der Waals surface area contributed by atoms with Gasteiger partial charge in [0.25, 0.3) is 0 Å². The smallest absolute Gasteiger partial charge is 0.234 e. The summed E-state index contributed by atoms with van der Waals surface area (Å²) in [6, 6.07) is 10.4. The van der Waals surface area contributed by atoms with E-state index in [0.717, 1.165) is 17.0 Å². The summed E-state index contributed by atoms with van der Waals surface area (Å²) in [6.07, 6.45) is 0. The molecule has 20 heavy (non-hydrogen) atoms. The van der Waals surface area contributed by atoms with Crippen molar-refractivity contribution >= 4 is 35.0 Å². The molecule has 0 aliphatic carbocycles. The van der Waals surface area contributed by atoms with Gasteiger partial charge in [-0.15, -0.1) is 11.8 Å². The second-order valence-electron chi connectivity index (χ2n) is 3.86. The van der Waals surface area contributed by atoms with Crippen LogP contribution in [0.5, 0.6) is 0 Å². The lowest BCUT2D eigenvalue weighted by Gasteiger charge is -2.07. The monoisotopic (exact) mass is 313 g/mol. The van der Waals surface area contributed by atoms with Crippen LogP contribution < -0.4 is 5.32 Å². The third-order valence-corrected chi connectivity index (χ3v) is 3.94. The minimum atomic E-state index is -0.805. The molecule has 2 nitrogen and oxygen atoms in total. The van der Waals surface area contributed by atoms with Crippen LogP contribution in [0.15, 0.2) is 47.4 Å². The summed E-state index contributed by atoms with van der Waals surface area (Å²) in [6.45, 7) is 0. The number of hydrogen-bond acceptors (Lipinski definition) is 2. The third kappa shape index (κ3) is 3.71. The van der Waals surface area contributed by atoms with E-state index >= 15 is 0 Å². The molecule has 0 spiro atoms. The third-order valence-electron chi connectivity index (χ3n) is 2.42. The fourth-order valence-electron chi connectivity index (χ4n) is 1.50. The van der Waals surface area contributed by atoms with Crippen LogP contribution in [0.2, 0.25) is 5.02 Å². The van der Waals surface area contributed by atoms with Crippen LogP contribution in [-0.2, 0) is 4.79 Å². The molecule has 0 saturated carbocycles. The van der Waals surface area contributed by atoms with Gasteiger partial charge in [0.15, 0.2) is 0 Å². The van der Waals surface area contributed by atoms with E-state index in [1.807, 2.05) is 0 Å². The number of benzene rings is 2. The standard InChI is InChI=1S/C14H10ClF2NOS/c15-9-4-1-2-7-12(9)20-8-13(19)18-14-10(16)5-3-6-11(14)17/h1-7H,8H2,(H,18,19). The molecule has 6 heteroatoms. The van der Waals surface area contributed by atoms with E-state index in [-0.39, 0.29) is 5.75 Å². The van der Waals surface area contributed by atoms with Crippen molar-refractivity contribution in [2.24, 2.45) is 0 Å². The number of amides is 1. The summed E-state index contributed by atoms with van der Waals surface area (Å²) in [5.41, 5.74) is -0.433. The molecule has 1 N–H and O–H groups in total. The fraction of sp³-hybridized carbons (Fsp3) is 0.0714. The molecule has 2 rings (SSSR count). The molecule has 0 saturated heterocycles. The predicted octanol–water partition coefficient (Wildman–Crippen LogP) is 4.35. The number of halogens is 3. The highest BCUT2D eigenvalue weighted by Crippen LogP contribution is 2.27. The summed E-state index contributed by atoms with van der Waals surface area (Å²) in [5, 5.41) is 2.75. The fourth-order valence-corrected chi connectivity index (χ4v) is 2.54. The second kappa shape index (κ2) is 6.72. The van der Waals surface area contributed by atoms with Gasteiger partial charge in [-0.1, -0.05) is 29.8 Å². The van der Waals surface area contributed by atoms with Crippen molar-refractivity contribution in [3.63, 3.8) is 0 Å². The molecule has 0 fully saturated rings. The number of thioether (sulfide) groups is 1. The van der Waals surface area contributed by atoms with E-state index in [1.54, 1.807) is 24.3 Å². The van der Waals surface area contributed by atoms with Crippen LogP contribution in [0.1, 0.15) is 0 Å². The van der Waals surface area contributed by atoms with E-state index in [4.69, 9.17) is 11.6 Å². The quantitative estimate of drug-likeness (QED) is 0.850. The average Bonchev–Trinajstić information content (AvgIpc) is 2.42. The van der Waals surface area contributed by atoms with Crippen molar-refractivity contribution in [3.8, 4) is 0 Å². The first-order valence-corrected chi connectivity index (χ1v) is 7.05. The number of carbonyl (C=O) groups is 1. The van der Waals surface area contributed by atoms with Gasteiger partial charge in [-0.25, -0.2) is 8.78 Å². The number of nitrogens with one attached hydrogen (secondary N) is 1. The molecule has 0 unspecified atom stereocenters. The minimum Gasteiger partial charge on any atom is -0.320 e. The molecule has 0 bridgehead atoms. The Balaban J connectivity index is 1.98. The van der Waals surface area contributed by atoms with Gasteiger partial charge in [-0.05, 0) is 24.3 Å². The molecule has 2 aromatic carbocycles. The zero-order valence-electron chi connectivity index (χ0n) is 10.2. The lowest BCUT2D eigenvalue weighted by molar-refractivity contribution is -0.113. The van der Waals surface area contributed by atoms with Gasteiger partial charge in [-0.2, -0.15) is 0 Å². The van der Waals surface area contributed by atoms with Gasteiger partial charge in [0.05, 0.1) is 10.8 Å². The van der Waals surface area contributed by atoms with Crippen LogP contribution in [-0.4, -0.2) is 11.7 Å². The van der Waals surface area contributed by atoms with Crippen LogP contribution >= 0.6 is 23.4 Å². The summed E-state index contributed by atoms with van der Waals surface area (Å²) < 4.78 is 26.7. The largest absolute Gasteiger partial charge is 0.320 e. The molecule has 1 amide bonds. The van der Waals surface area contributed by atoms with Crippen LogP contribution in [0.4, 0.5) is 14.5 Å². The summed E-state index contributed by atoms with van der Waals surface area (Å²) in [7, 11) is 0. The minimum absolute atomic E-state index is 0.0114. The molecule has 104 valence electrons. The van der Waals surface area contributed by atoms with Crippen molar-refractivity contribution in [1.82, 2.24) is 0 Å². The Morgan fingerprint density at radius 3 is 2.40 bits per heavy atom. The lowest BCUT2D eigenvalue weighted by Crippen LogP contribution is -2.16. The lowest BCUT2D eigenvalue weighted by atomic mass is 10.3. The molecule has 2 aromatic rings. The summed E-state index contributed by atoms with van der Waals surface area (Å²) >= 11 is 7.14. The van der Waals surface area contributed by atoms with Crippen molar-refractivity contribution in [1.29, 1.82) is 0 Å². The van der Waals surface area contributed by atoms with Crippen molar-refractivity contribution in [2.75, 3.05) is 11.1 Å². The van der Waals surface area contributed by atoms with Crippen LogP contribution in [0.25, 0.3) is 0 Å². The topological polar surface area (TPSA) is 29.1 Å². The van der Waals surface area contributed by atoms with E-state index in [2.05, 4.69) is 5.32 Å². The SMILES string of the molecule is O=C(CSc1ccccc1Cl)Nc1c(F)cccc1F. The Kier molecular flexibility index (Phi) is 4.98. The van der Waals surface area contributed by atoms with Crippen LogP contribution in [0, 0.1) is 11.6 Å². The van der Waals surface area contributed by atoms with Gasteiger partial charge >= 0.3 is 0 Å². The number of anilines is 1. The maximum Gasteiger partial charge on any atom is 0.234 e. The van der Waals surface area contributed by atoms with E-state index in [1.165, 1.54) is 17.8 Å². The summed E-state index contributed by atoms with van der Waals surface area (Å²) in [4.78, 5) is 12.4. The highest BCUT2D eigenvalue weighted by molar-refractivity contribution is 8.00. The molecule has 0 aliphatic heterocycles. The van der Waals surface area contributed by atoms with Gasteiger partial charge in [-0.3, -0.25) is 4.79 Å². The maximum absolute atomic E-state index is 13.4. The van der Waals surface area contributed by atoms with Gasteiger partial charge in [0.2, 0.25) is 5.91 Å². The Morgan fingerprint density at radius 2 is 1.75 bits per heavy atom. The normalized spacial score (nSPS) is 10.3. The van der Waals surface area contributed by atoms with Gasteiger partial charge < -0.3 is 5.32 Å². The Bertz CT molecular complexity index is 616. The molecular formula is C14H10ClF2NOS. The number of carbonyl (C=O) groups excluding carboxylic acids is 1. The second-order valence-corrected chi connectivity index (χ2v) is 5.29. The van der Waals surface area contributed by atoms with Crippen LogP contribution in [0.3, 0.4) is 0 Å². The van der Waals surface area contributed by atoms with Gasteiger partial charge in [0.1, 0.15) is 17.3 Å². The van der Waals surface area contributed by atoms with Crippen molar-refractivity contribution < 1.29 is 13.6 Å². The number of hydrogen-bond donors (Lipinski definition) is 1. The Hall–Kier alpha value is -1.59. The van der Waals surface area contributed by atoms with E-state index < -0.39 is 23.2 Å². The zero-order valence-corrected chi connectivity index (χ0v) is 11.8. The van der Waals surface area contributed by atoms with E-state index in [9.17, 15) is 13.6 Å². The Morgan fingerprint density at radius 1 is 1.10 bits per heavy atom. The first-order chi connectivity index (χ1) is 9.58. The van der Waals surface area contributed by atoms with E-state index in [0.29, 0.717) is 5.02 Å². The average molecular weight is 314 g/mol. The molecule has 0 aliphatic rings. The number of rotatable bonds is 4. The first-order valence-electron chi connectivity index (χ1n) is 5.69. The molecule has 0 aromatic heterocycles. The molecular weight excluding hydrogens is 304 g/mol. The highest BCUT2D eigenvalue weighted by atomic mass is 35.5. The zero-order chi connectivity index (χ0) is 14.5. The molecule has 0 atom stereocenters. The Labute approximate surface area is 124 Å².